The van der Waals surface area contributed by atoms with Crippen molar-refractivity contribution in [2.45, 2.75) is 103 Å². The summed E-state index contributed by atoms with van der Waals surface area (Å²) in [5, 5.41) is 3.42. The van der Waals surface area contributed by atoms with Crippen molar-refractivity contribution in [3.63, 3.8) is 0 Å². The Hall–Kier alpha value is -1.02. The van der Waals surface area contributed by atoms with Crippen LogP contribution >= 0.6 is 0 Å². The summed E-state index contributed by atoms with van der Waals surface area (Å²) < 4.78 is 9.97. The highest BCUT2D eigenvalue weighted by Crippen LogP contribution is 2.28. The maximum Gasteiger partial charge on any atom is 0.157 e. The molecule has 0 amide bonds. The highest BCUT2D eigenvalue weighted by Gasteiger charge is 2.27. The zero-order valence-electron chi connectivity index (χ0n) is 26.1. The summed E-state index contributed by atoms with van der Waals surface area (Å²) in [6, 6.07) is 12.7. The number of nitrogens with zero attached hydrogens (tertiary/aromatic N) is 3. The monoisotopic (exact) mass is 556 g/mol. The van der Waals surface area contributed by atoms with Crippen molar-refractivity contribution in [2.75, 3.05) is 66.1 Å². The summed E-state index contributed by atoms with van der Waals surface area (Å²) in [6.07, 6.45) is 13.9. The van der Waals surface area contributed by atoms with Crippen molar-refractivity contribution < 1.29 is 9.47 Å². The van der Waals surface area contributed by atoms with E-state index in [2.05, 4.69) is 64.2 Å². The van der Waals surface area contributed by atoms with Gasteiger partial charge in [-0.2, -0.15) is 0 Å². The third-order valence-electron chi connectivity index (χ3n) is 9.81. The number of methoxy groups -OCH3 is 1. The van der Waals surface area contributed by atoms with Gasteiger partial charge in [-0.05, 0) is 49.5 Å². The van der Waals surface area contributed by atoms with Gasteiger partial charge in [0, 0.05) is 91.1 Å². The first-order valence-electron chi connectivity index (χ1n) is 16.7. The summed E-state index contributed by atoms with van der Waals surface area (Å²) in [5.74, 6) is 1.91. The summed E-state index contributed by atoms with van der Waals surface area (Å²) in [5.41, 5.74) is 1.45. The molecule has 0 aromatic heterocycles. The Morgan fingerprint density at radius 2 is 1.35 bits per heavy atom. The Kier molecular flexibility index (Phi) is 14.2. The van der Waals surface area contributed by atoms with Gasteiger partial charge < -0.3 is 14.8 Å². The Bertz CT molecular complexity index is 775. The van der Waals surface area contributed by atoms with Crippen molar-refractivity contribution in [3.8, 4) is 0 Å². The van der Waals surface area contributed by atoms with E-state index in [0.29, 0.717) is 0 Å². The lowest BCUT2D eigenvalue weighted by atomic mass is 9.86. The van der Waals surface area contributed by atoms with Crippen LogP contribution < -0.4 is 5.32 Å². The van der Waals surface area contributed by atoms with Crippen molar-refractivity contribution in [3.05, 3.63) is 35.9 Å². The first-order chi connectivity index (χ1) is 19.6. The maximum absolute atomic E-state index is 5.08. The van der Waals surface area contributed by atoms with Gasteiger partial charge in [0.2, 0.25) is 0 Å². The molecular weight excluding hydrogens is 496 g/mol. The largest absolute Gasteiger partial charge is 0.356 e. The Labute approximate surface area is 246 Å². The van der Waals surface area contributed by atoms with Crippen molar-refractivity contribution >= 4 is 0 Å². The lowest BCUT2D eigenvalue weighted by molar-refractivity contribution is -0.0880. The summed E-state index contributed by atoms with van der Waals surface area (Å²) in [4.78, 5) is 8.07. The molecule has 1 unspecified atom stereocenters. The zero-order chi connectivity index (χ0) is 28.0. The summed E-state index contributed by atoms with van der Waals surface area (Å²) in [6.45, 7) is 16.8. The van der Waals surface area contributed by atoms with Crippen LogP contribution in [0.4, 0.5) is 0 Å². The van der Waals surface area contributed by atoms with Crippen LogP contribution in [0.5, 0.6) is 0 Å². The van der Waals surface area contributed by atoms with Crippen LogP contribution in [0.1, 0.15) is 83.6 Å². The lowest BCUT2D eigenvalue weighted by Gasteiger charge is -2.42. The molecule has 3 saturated heterocycles. The fraction of sp³-hybridized carbons (Fsp3) is 0.824. The van der Waals surface area contributed by atoms with E-state index < -0.39 is 0 Å². The zero-order valence-corrected chi connectivity index (χ0v) is 26.1. The van der Waals surface area contributed by atoms with Crippen LogP contribution in [0.25, 0.3) is 0 Å². The average Bonchev–Trinajstić information content (AvgIpc) is 3.54. The van der Waals surface area contributed by atoms with E-state index >= 15 is 0 Å². The molecule has 2 aliphatic carbocycles. The Morgan fingerprint density at radius 1 is 0.750 bits per heavy atom. The van der Waals surface area contributed by atoms with Crippen LogP contribution in [0.15, 0.2) is 30.3 Å². The van der Waals surface area contributed by atoms with Gasteiger partial charge in [-0.1, -0.05) is 69.9 Å². The second kappa shape index (κ2) is 17.8. The first-order valence-corrected chi connectivity index (χ1v) is 16.7. The molecule has 5 aliphatic rings. The van der Waals surface area contributed by atoms with Crippen molar-refractivity contribution in [1.82, 2.24) is 20.0 Å². The third-order valence-corrected chi connectivity index (χ3v) is 9.81. The number of piperazine rings is 2. The minimum absolute atomic E-state index is 0.0972. The van der Waals surface area contributed by atoms with Crippen LogP contribution in [-0.4, -0.2) is 99.1 Å². The molecular formula is C34H60N4O2. The normalized spacial score (nSPS) is 32.4. The smallest absolute Gasteiger partial charge is 0.157 e. The molecule has 0 radical (unpaired) electrons. The lowest BCUT2D eigenvalue weighted by Crippen LogP contribution is -2.50. The van der Waals surface area contributed by atoms with Gasteiger partial charge in [-0.15, -0.1) is 0 Å². The molecule has 3 heterocycles. The van der Waals surface area contributed by atoms with Crippen LogP contribution in [0.3, 0.4) is 0 Å². The Balaban J connectivity index is 0.000000157. The minimum Gasteiger partial charge on any atom is -0.356 e. The van der Waals surface area contributed by atoms with E-state index in [1.54, 1.807) is 7.11 Å². The summed E-state index contributed by atoms with van der Waals surface area (Å²) in [7, 11) is 1.68. The van der Waals surface area contributed by atoms with Crippen LogP contribution in [-0.2, 0) is 16.0 Å². The van der Waals surface area contributed by atoms with E-state index in [4.69, 9.17) is 9.47 Å². The second-order valence-electron chi connectivity index (χ2n) is 13.1. The highest BCUT2D eigenvalue weighted by molar-refractivity contribution is 5.14. The number of nitrogens with one attached hydrogen (secondary N) is 1. The SMILES string of the molecule is COC1CCCO1.C[C@@H]1CCC[C@H](N2CCN(Cc3ccccc3)CC2)C1.C[C@@H]1CCC[C@H](N2CCNCC2)C1. The number of rotatable bonds is 5. The predicted molar refractivity (Wildman–Crippen MR) is 167 cm³/mol. The van der Waals surface area contributed by atoms with Crippen molar-refractivity contribution in [2.24, 2.45) is 11.8 Å². The number of benzene rings is 1. The minimum atomic E-state index is 0.0972. The molecule has 3 aliphatic heterocycles. The van der Waals surface area contributed by atoms with Gasteiger partial charge in [0.05, 0.1) is 0 Å². The van der Waals surface area contributed by atoms with E-state index in [9.17, 15) is 0 Å². The predicted octanol–water partition coefficient (Wildman–Crippen LogP) is 5.62. The second-order valence-corrected chi connectivity index (χ2v) is 13.1. The fourth-order valence-corrected chi connectivity index (χ4v) is 7.38. The molecule has 1 aromatic rings. The molecule has 5 fully saturated rings. The molecule has 0 spiro atoms. The third kappa shape index (κ3) is 11.0. The van der Waals surface area contributed by atoms with Gasteiger partial charge in [-0.3, -0.25) is 14.7 Å². The standard InChI is InChI=1S/C18H28N2.C11H22N2.C5H10O2/c1-16-6-5-9-18(14-16)20-12-10-19(11-13-20)15-17-7-3-2-4-8-17;1-10-3-2-4-11(9-10)13-7-5-12-6-8-13;1-6-5-3-2-4-7-5/h2-4,7-8,16,18H,5-6,9-15H2,1H3;10-12H,2-9H2,1H3;5H,2-4H2,1H3/t16-,18+;10-,11+;/m11./s1. The molecule has 6 rings (SSSR count). The molecule has 6 heteroatoms. The topological polar surface area (TPSA) is 40.2 Å². The van der Waals surface area contributed by atoms with Crippen molar-refractivity contribution in [1.29, 1.82) is 0 Å². The van der Waals surface area contributed by atoms with Gasteiger partial charge in [0.25, 0.3) is 0 Å². The van der Waals surface area contributed by atoms with E-state index in [1.807, 2.05) is 0 Å². The number of hydrogen-bond donors (Lipinski definition) is 1. The quantitative estimate of drug-likeness (QED) is 0.508. The number of ether oxygens (including phenoxy) is 2. The fourth-order valence-electron chi connectivity index (χ4n) is 7.38. The molecule has 6 nitrogen and oxygen atoms in total. The van der Waals surface area contributed by atoms with Gasteiger partial charge in [-0.25, -0.2) is 0 Å². The molecule has 228 valence electrons. The maximum atomic E-state index is 5.08. The van der Waals surface area contributed by atoms with Gasteiger partial charge >= 0.3 is 0 Å². The average molecular weight is 557 g/mol. The molecule has 0 bridgehead atoms. The van der Waals surface area contributed by atoms with Crippen LogP contribution in [0, 0.1) is 11.8 Å². The molecule has 1 aromatic carbocycles. The van der Waals surface area contributed by atoms with Gasteiger partial charge in [0.1, 0.15) is 0 Å². The van der Waals surface area contributed by atoms with E-state index in [1.165, 1.54) is 109 Å². The highest BCUT2D eigenvalue weighted by atomic mass is 16.7. The van der Waals surface area contributed by atoms with E-state index in [0.717, 1.165) is 49.9 Å². The summed E-state index contributed by atoms with van der Waals surface area (Å²) >= 11 is 0. The molecule has 1 N–H and O–H groups in total. The molecule has 5 atom stereocenters. The van der Waals surface area contributed by atoms with E-state index in [-0.39, 0.29) is 6.29 Å². The first kappa shape index (κ1) is 31.9. The molecule has 40 heavy (non-hydrogen) atoms. The Morgan fingerprint density at radius 3 is 1.85 bits per heavy atom. The van der Waals surface area contributed by atoms with Crippen LogP contribution in [0.2, 0.25) is 0 Å². The number of hydrogen-bond acceptors (Lipinski definition) is 6. The molecule has 2 saturated carbocycles. The van der Waals surface area contributed by atoms with Gasteiger partial charge in [0.15, 0.2) is 6.29 Å².